The minimum atomic E-state index is -0.618. The maximum atomic E-state index is 6.02. The molecule has 3 N–H and O–H groups in total. The van der Waals surface area contributed by atoms with Crippen molar-refractivity contribution in [3.63, 3.8) is 0 Å². The summed E-state index contributed by atoms with van der Waals surface area (Å²) in [4.78, 5) is 0. The molecule has 1 unspecified atom stereocenters. The molecule has 2 aliphatic heterocycles. The summed E-state index contributed by atoms with van der Waals surface area (Å²) in [6.07, 6.45) is 0. The van der Waals surface area contributed by atoms with Gasteiger partial charge in [-0.1, -0.05) is 0 Å². The summed E-state index contributed by atoms with van der Waals surface area (Å²) >= 11 is 0. The standard InChI is InChI=1S/C10H20N2O2/c1-8(2)9(3,4)14-10(13-8)6-12-5-7(10)11/h7,12H,5-6,11H2,1-4H3. The lowest BCUT2D eigenvalue weighted by Gasteiger charge is -2.30. The minimum Gasteiger partial charge on any atom is -0.338 e. The summed E-state index contributed by atoms with van der Waals surface area (Å²) in [5, 5.41) is 3.21. The van der Waals surface area contributed by atoms with E-state index in [4.69, 9.17) is 15.2 Å². The Morgan fingerprint density at radius 2 is 1.64 bits per heavy atom. The third kappa shape index (κ3) is 1.21. The molecule has 4 heteroatoms. The summed E-state index contributed by atoms with van der Waals surface area (Å²) in [6.45, 7) is 9.63. The third-order valence-corrected chi connectivity index (χ3v) is 3.61. The van der Waals surface area contributed by atoms with Crippen molar-refractivity contribution < 1.29 is 9.47 Å². The first-order chi connectivity index (χ1) is 6.29. The van der Waals surface area contributed by atoms with Crippen LogP contribution in [0.1, 0.15) is 27.7 Å². The van der Waals surface area contributed by atoms with Crippen LogP contribution < -0.4 is 11.1 Å². The second-order valence-electron chi connectivity index (χ2n) is 5.27. The Balaban J connectivity index is 2.28. The van der Waals surface area contributed by atoms with Crippen LogP contribution in [-0.4, -0.2) is 36.1 Å². The fraction of sp³-hybridized carbons (Fsp3) is 1.00. The molecule has 14 heavy (non-hydrogen) atoms. The van der Waals surface area contributed by atoms with Crippen LogP contribution in [0, 0.1) is 0 Å². The molecule has 0 radical (unpaired) electrons. The zero-order chi connectivity index (χ0) is 10.6. The fourth-order valence-electron chi connectivity index (χ4n) is 2.04. The normalized spacial score (nSPS) is 37.9. The van der Waals surface area contributed by atoms with Gasteiger partial charge < -0.3 is 20.5 Å². The van der Waals surface area contributed by atoms with Gasteiger partial charge in [-0.3, -0.25) is 0 Å². The van der Waals surface area contributed by atoms with Crippen molar-refractivity contribution in [2.24, 2.45) is 5.73 Å². The molecule has 1 spiro atoms. The summed E-state index contributed by atoms with van der Waals surface area (Å²) in [7, 11) is 0. The average molecular weight is 200 g/mol. The fourth-order valence-corrected chi connectivity index (χ4v) is 2.04. The number of nitrogens with one attached hydrogen (secondary N) is 1. The van der Waals surface area contributed by atoms with Crippen LogP contribution in [0.2, 0.25) is 0 Å². The molecule has 82 valence electrons. The zero-order valence-electron chi connectivity index (χ0n) is 9.39. The van der Waals surface area contributed by atoms with E-state index in [-0.39, 0.29) is 17.2 Å². The van der Waals surface area contributed by atoms with Crippen molar-refractivity contribution in [3.05, 3.63) is 0 Å². The average Bonchev–Trinajstić information content (AvgIpc) is 2.37. The van der Waals surface area contributed by atoms with E-state index >= 15 is 0 Å². The van der Waals surface area contributed by atoms with E-state index in [1.165, 1.54) is 0 Å². The van der Waals surface area contributed by atoms with Gasteiger partial charge in [0, 0.05) is 6.54 Å². The number of hydrogen-bond acceptors (Lipinski definition) is 4. The Morgan fingerprint density at radius 1 is 1.14 bits per heavy atom. The Labute approximate surface area is 85.1 Å². The number of hydrogen-bond donors (Lipinski definition) is 2. The molecular weight excluding hydrogens is 180 g/mol. The lowest BCUT2D eigenvalue weighted by molar-refractivity contribution is -0.184. The summed E-state index contributed by atoms with van der Waals surface area (Å²) in [6, 6.07) is -0.0800. The second kappa shape index (κ2) is 2.70. The Morgan fingerprint density at radius 3 is 2.00 bits per heavy atom. The van der Waals surface area contributed by atoms with Gasteiger partial charge in [0.1, 0.15) is 0 Å². The molecule has 0 saturated carbocycles. The van der Waals surface area contributed by atoms with Gasteiger partial charge in [-0.15, -0.1) is 0 Å². The van der Waals surface area contributed by atoms with Crippen LogP contribution in [0.25, 0.3) is 0 Å². The molecule has 0 aliphatic carbocycles. The molecular formula is C10H20N2O2. The van der Waals surface area contributed by atoms with E-state index in [2.05, 4.69) is 5.32 Å². The monoisotopic (exact) mass is 200 g/mol. The summed E-state index contributed by atoms with van der Waals surface area (Å²) < 4.78 is 12.0. The molecule has 2 rings (SSSR count). The van der Waals surface area contributed by atoms with E-state index in [0.717, 1.165) is 6.54 Å². The molecule has 2 saturated heterocycles. The molecule has 2 aliphatic rings. The highest BCUT2D eigenvalue weighted by atomic mass is 16.8. The van der Waals surface area contributed by atoms with Crippen molar-refractivity contribution >= 4 is 0 Å². The molecule has 0 bridgehead atoms. The van der Waals surface area contributed by atoms with Crippen molar-refractivity contribution in [2.45, 2.75) is 50.7 Å². The summed E-state index contributed by atoms with van der Waals surface area (Å²) in [5.74, 6) is -0.618. The SMILES string of the molecule is CC1(C)OC2(CNCC2N)OC1(C)C. The summed E-state index contributed by atoms with van der Waals surface area (Å²) in [5.41, 5.74) is 5.41. The predicted molar refractivity (Wildman–Crippen MR) is 53.9 cm³/mol. The minimum absolute atomic E-state index is 0.0800. The van der Waals surface area contributed by atoms with E-state index in [9.17, 15) is 0 Å². The maximum absolute atomic E-state index is 6.02. The van der Waals surface area contributed by atoms with E-state index in [1.807, 2.05) is 27.7 Å². The maximum Gasteiger partial charge on any atom is 0.198 e. The molecule has 0 aromatic carbocycles. The Hall–Kier alpha value is -0.160. The van der Waals surface area contributed by atoms with Crippen LogP contribution in [0.5, 0.6) is 0 Å². The highest BCUT2D eigenvalue weighted by molar-refractivity contribution is 5.06. The molecule has 1 atom stereocenters. The van der Waals surface area contributed by atoms with Crippen LogP contribution in [-0.2, 0) is 9.47 Å². The number of nitrogens with two attached hydrogens (primary N) is 1. The van der Waals surface area contributed by atoms with Gasteiger partial charge >= 0.3 is 0 Å². The smallest absolute Gasteiger partial charge is 0.198 e. The van der Waals surface area contributed by atoms with E-state index in [1.54, 1.807) is 0 Å². The molecule has 2 fully saturated rings. The molecule has 2 heterocycles. The van der Waals surface area contributed by atoms with Crippen LogP contribution in [0.4, 0.5) is 0 Å². The quantitative estimate of drug-likeness (QED) is 0.587. The molecule has 0 amide bonds. The van der Waals surface area contributed by atoms with Crippen molar-refractivity contribution in [1.29, 1.82) is 0 Å². The van der Waals surface area contributed by atoms with E-state index in [0.29, 0.717) is 6.54 Å². The van der Waals surface area contributed by atoms with Crippen LogP contribution in [0.15, 0.2) is 0 Å². The zero-order valence-corrected chi connectivity index (χ0v) is 9.39. The Bertz CT molecular complexity index is 235. The number of ether oxygens (including phenoxy) is 2. The first-order valence-electron chi connectivity index (χ1n) is 5.16. The molecule has 0 aromatic heterocycles. The molecule has 4 nitrogen and oxygen atoms in total. The lowest BCUT2D eigenvalue weighted by atomic mass is 9.90. The van der Waals surface area contributed by atoms with Crippen LogP contribution >= 0.6 is 0 Å². The van der Waals surface area contributed by atoms with Gasteiger partial charge in [-0.25, -0.2) is 0 Å². The topological polar surface area (TPSA) is 56.5 Å². The first-order valence-corrected chi connectivity index (χ1v) is 5.16. The van der Waals surface area contributed by atoms with Gasteiger partial charge in [0.2, 0.25) is 0 Å². The predicted octanol–water partition coefficient (Wildman–Crippen LogP) is 0.217. The highest BCUT2D eigenvalue weighted by Gasteiger charge is 2.60. The van der Waals surface area contributed by atoms with Gasteiger partial charge in [-0.05, 0) is 27.7 Å². The van der Waals surface area contributed by atoms with Gasteiger partial charge in [-0.2, -0.15) is 0 Å². The Kier molecular flexibility index (Phi) is 2.00. The molecule has 0 aromatic rings. The number of rotatable bonds is 0. The largest absolute Gasteiger partial charge is 0.338 e. The van der Waals surface area contributed by atoms with Crippen molar-refractivity contribution in [2.75, 3.05) is 13.1 Å². The van der Waals surface area contributed by atoms with Gasteiger partial charge in [0.15, 0.2) is 5.79 Å². The highest BCUT2D eigenvalue weighted by Crippen LogP contribution is 2.45. The second-order valence-corrected chi connectivity index (χ2v) is 5.27. The van der Waals surface area contributed by atoms with Crippen molar-refractivity contribution in [3.8, 4) is 0 Å². The van der Waals surface area contributed by atoms with Gasteiger partial charge in [0.05, 0.1) is 23.8 Å². The first kappa shape index (κ1) is 10.4. The van der Waals surface area contributed by atoms with Crippen molar-refractivity contribution in [1.82, 2.24) is 5.32 Å². The lowest BCUT2D eigenvalue weighted by Crippen LogP contribution is -2.49. The third-order valence-electron chi connectivity index (χ3n) is 3.61. The van der Waals surface area contributed by atoms with E-state index < -0.39 is 5.79 Å². The van der Waals surface area contributed by atoms with Gasteiger partial charge in [0.25, 0.3) is 0 Å². The van der Waals surface area contributed by atoms with Crippen LogP contribution in [0.3, 0.4) is 0 Å².